The summed E-state index contributed by atoms with van der Waals surface area (Å²) in [6.07, 6.45) is 8.61. The van der Waals surface area contributed by atoms with Gasteiger partial charge in [-0.15, -0.1) is 0 Å². The van der Waals surface area contributed by atoms with E-state index in [1.165, 1.54) is 6.42 Å². The largest absolute Gasteiger partial charge is 0.444 e. The Labute approximate surface area is 236 Å². The normalized spacial score (nSPS) is 12.9. The molecule has 0 bridgehead atoms. The number of amides is 3. The highest BCUT2D eigenvalue weighted by atomic mass is 32.1. The molecular weight excluding hydrogens is 498 g/mol. The van der Waals surface area contributed by atoms with Crippen molar-refractivity contribution in [3.8, 4) is 0 Å². The first-order chi connectivity index (χ1) is 18.0. The molecule has 3 amide bonds. The van der Waals surface area contributed by atoms with E-state index in [9.17, 15) is 14.4 Å². The lowest BCUT2D eigenvalue weighted by atomic mass is 10.00. The molecule has 1 rings (SSSR count). The molecular formula is C30H51N3O4S. The van der Waals surface area contributed by atoms with Crippen molar-refractivity contribution in [2.45, 2.75) is 117 Å². The van der Waals surface area contributed by atoms with Crippen LogP contribution in [0, 0.1) is 6.92 Å². The summed E-state index contributed by atoms with van der Waals surface area (Å²) in [5.41, 5.74) is 1.07. The fourth-order valence-corrected chi connectivity index (χ4v) is 4.51. The maximum Gasteiger partial charge on any atom is 0.408 e. The Morgan fingerprint density at radius 2 is 1.61 bits per heavy atom. The number of carbonyl (C=O) groups is 3. The number of nitrogens with one attached hydrogen (secondary N) is 2. The number of rotatable bonds is 17. The van der Waals surface area contributed by atoms with E-state index in [-0.39, 0.29) is 17.6 Å². The van der Waals surface area contributed by atoms with Crippen LogP contribution in [0.3, 0.4) is 0 Å². The lowest BCUT2D eigenvalue weighted by Gasteiger charge is -2.34. The maximum atomic E-state index is 13.9. The Morgan fingerprint density at radius 3 is 2.21 bits per heavy atom. The minimum absolute atomic E-state index is 0.0870. The van der Waals surface area contributed by atoms with E-state index in [0.29, 0.717) is 13.1 Å². The number of hydrogen-bond donors (Lipinski definition) is 3. The maximum absolute atomic E-state index is 13.9. The van der Waals surface area contributed by atoms with Crippen molar-refractivity contribution >= 4 is 30.5 Å². The first-order valence-corrected chi connectivity index (χ1v) is 14.9. The van der Waals surface area contributed by atoms with Crippen LogP contribution >= 0.6 is 12.6 Å². The van der Waals surface area contributed by atoms with Gasteiger partial charge in [0.05, 0.1) is 0 Å². The molecule has 38 heavy (non-hydrogen) atoms. The van der Waals surface area contributed by atoms with Crippen LogP contribution in [0.15, 0.2) is 24.3 Å². The molecule has 0 aliphatic heterocycles. The van der Waals surface area contributed by atoms with Crippen LogP contribution in [0.5, 0.6) is 0 Å². The number of thiol groups is 1. The highest BCUT2D eigenvalue weighted by molar-refractivity contribution is 7.80. The van der Waals surface area contributed by atoms with Crippen molar-refractivity contribution in [1.82, 2.24) is 15.5 Å². The summed E-state index contributed by atoms with van der Waals surface area (Å²) in [4.78, 5) is 41.7. The SMILES string of the molecule is CCCCCCCCN(C(=O)C(CS)NC(=O)OC(C)(C)C)C(C(=O)NCCCCC)c1cccc(C)c1. The molecule has 8 heteroatoms. The van der Waals surface area contributed by atoms with Gasteiger partial charge < -0.3 is 20.3 Å². The van der Waals surface area contributed by atoms with Crippen molar-refractivity contribution < 1.29 is 19.1 Å². The van der Waals surface area contributed by atoms with E-state index in [0.717, 1.165) is 62.5 Å². The van der Waals surface area contributed by atoms with Gasteiger partial charge in [-0.25, -0.2) is 4.79 Å². The number of aryl methyl sites for hydroxylation is 1. The van der Waals surface area contributed by atoms with Gasteiger partial charge in [0.25, 0.3) is 0 Å². The summed E-state index contributed by atoms with van der Waals surface area (Å²) in [6, 6.07) is 6.00. The Bertz CT molecular complexity index is 856. The quantitative estimate of drug-likeness (QED) is 0.156. The average molecular weight is 550 g/mol. The lowest BCUT2D eigenvalue weighted by molar-refractivity contribution is -0.142. The summed E-state index contributed by atoms with van der Waals surface area (Å²) in [5, 5.41) is 5.73. The third-order valence-electron chi connectivity index (χ3n) is 6.20. The van der Waals surface area contributed by atoms with Crippen molar-refractivity contribution in [3.05, 3.63) is 35.4 Å². The number of nitrogens with zero attached hydrogens (tertiary/aromatic N) is 1. The summed E-state index contributed by atoms with van der Waals surface area (Å²) in [5.74, 6) is -0.458. The highest BCUT2D eigenvalue weighted by Crippen LogP contribution is 2.25. The summed E-state index contributed by atoms with van der Waals surface area (Å²) in [6.45, 7) is 12.5. The molecule has 216 valence electrons. The lowest BCUT2D eigenvalue weighted by Crippen LogP contribution is -2.54. The molecule has 0 radical (unpaired) electrons. The molecule has 0 aliphatic carbocycles. The average Bonchev–Trinajstić information content (AvgIpc) is 2.85. The second kappa shape index (κ2) is 18.1. The van der Waals surface area contributed by atoms with Crippen LogP contribution in [-0.4, -0.2) is 53.3 Å². The van der Waals surface area contributed by atoms with Crippen LogP contribution in [0.25, 0.3) is 0 Å². The third kappa shape index (κ3) is 13.0. The van der Waals surface area contributed by atoms with Gasteiger partial charge in [0.1, 0.15) is 17.7 Å². The molecule has 0 fully saturated rings. The predicted octanol–water partition coefficient (Wildman–Crippen LogP) is 6.35. The fraction of sp³-hybridized carbons (Fsp3) is 0.700. The van der Waals surface area contributed by atoms with E-state index in [2.05, 4.69) is 37.1 Å². The predicted molar refractivity (Wildman–Crippen MR) is 159 cm³/mol. The van der Waals surface area contributed by atoms with Gasteiger partial charge in [-0.2, -0.15) is 12.6 Å². The summed E-state index contributed by atoms with van der Waals surface area (Å²) >= 11 is 4.37. The molecule has 0 saturated heterocycles. The molecule has 1 aromatic rings. The zero-order valence-electron chi connectivity index (χ0n) is 24.5. The minimum atomic E-state index is -0.923. The first kappa shape index (κ1) is 33.8. The Morgan fingerprint density at radius 1 is 0.974 bits per heavy atom. The second-order valence-electron chi connectivity index (χ2n) is 11.0. The Hall–Kier alpha value is -2.22. The molecule has 0 aromatic heterocycles. The molecule has 0 heterocycles. The number of hydrogen-bond acceptors (Lipinski definition) is 5. The number of benzene rings is 1. The van der Waals surface area contributed by atoms with Crippen LogP contribution in [0.2, 0.25) is 0 Å². The zero-order chi connectivity index (χ0) is 28.6. The highest BCUT2D eigenvalue weighted by Gasteiger charge is 2.35. The molecule has 0 spiro atoms. The van der Waals surface area contributed by atoms with E-state index in [1.807, 2.05) is 31.2 Å². The number of unbranched alkanes of at least 4 members (excludes halogenated alkanes) is 7. The number of alkyl carbamates (subject to hydrolysis) is 1. The van der Waals surface area contributed by atoms with Crippen molar-refractivity contribution in [1.29, 1.82) is 0 Å². The van der Waals surface area contributed by atoms with Crippen LogP contribution < -0.4 is 10.6 Å². The standard InChI is InChI=1S/C30H51N3O4S/c1-7-9-11-12-13-15-20-33(28(35)25(22-38)32-29(36)37-30(4,5)6)26(24-18-16-17-23(3)21-24)27(34)31-19-14-10-8-2/h16-18,21,25-26,38H,7-15,19-20,22H2,1-6H3,(H,31,34)(H,32,36). The van der Waals surface area contributed by atoms with Crippen molar-refractivity contribution in [2.24, 2.45) is 0 Å². The zero-order valence-corrected chi connectivity index (χ0v) is 25.4. The van der Waals surface area contributed by atoms with Crippen LogP contribution in [-0.2, 0) is 14.3 Å². The third-order valence-corrected chi connectivity index (χ3v) is 6.57. The van der Waals surface area contributed by atoms with Crippen molar-refractivity contribution in [3.63, 3.8) is 0 Å². The molecule has 0 aliphatic rings. The number of ether oxygens (including phenoxy) is 1. The smallest absolute Gasteiger partial charge is 0.408 e. The monoisotopic (exact) mass is 549 g/mol. The van der Waals surface area contributed by atoms with E-state index < -0.39 is 23.8 Å². The minimum Gasteiger partial charge on any atom is -0.444 e. The fourth-order valence-electron chi connectivity index (χ4n) is 4.26. The molecule has 2 atom stereocenters. The van der Waals surface area contributed by atoms with Crippen molar-refractivity contribution in [2.75, 3.05) is 18.8 Å². The van der Waals surface area contributed by atoms with Crippen LogP contribution in [0.1, 0.15) is 110 Å². The topological polar surface area (TPSA) is 87.7 Å². The van der Waals surface area contributed by atoms with E-state index >= 15 is 0 Å². The molecule has 1 aromatic carbocycles. The number of carbonyl (C=O) groups excluding carboxylic acids is 3. The Kier molecular flexibility index (Phi) is 16.1. The van der Waals surface area contributed by atoms with E-state index in [1.54, 1.807) is 25.7 Å². The van der Waals surface area contributed by atoms with E-state index in [4.69, 9.17) is 4.74 Å². The molecule has 2 unspecified atom stereocenters. The summed E-state index contributed by atoms with van der Waals surface area (Å²) in [7, 11) is 0. The molecule has 0 saturated carbocycles. The van der Waals surface area contributed by atoms with Gasteiger partial charge in [0.2, 0.25) is 11.8 Å². The van der Waals surface area contributed by atoms with Gasteiger partial charge in [-0.3, -0.25) is 9.59 Å². The second-order valence-corrected chi connectivity index (χ2v) is 11.4. The summed E-state index contributed by atoms with van der Waals surface area (Å²) < 4.78 is 5.39. The van der Waals surface area contributed by atoms with Gasteiger partial charge >= 0.3 is 6.09 Å². The first-order valence-electron chi connectivity index (χ1n) is 14.3. The van der Waals surface area contributed by atoms with Gasteiger partial charge in [0, 0.05) is 18.8 Å². The van der Waals surface area contributed by atoms with Crippen LogP contribution in [0.4, 0.5) is 4.79 Å². The van der Waals surface area contributed by atoms with Gasteiger partial charge in [-0.1, -0.05) is 88.6 Å². The Balaban J connectivity index is 3.28. The molecule has 2 N–H and O–H groups in total. The molecule has 7 nitrogen and oxygen atoms in total. The van der Waals surface area contributed by atoms with Gasteiger partial charge in [-0.05, 0) is 46.1 Å². The van der Waals surface area contributed by atoms with Gasteiger partial charge in [0.15, 0.2) is 0 Å².